The van der Waals surface area contributed by atoms with Crippen LogP contribution in [0.25, 0.3) is 0 Å². The lowest BCUT2D eigenvalue weighted by Crippen LogP contribution is -2.56. The fourth-order valence-corrected chi connectivity index (χ4v) is 6.30. The first-order valence-electron chi connectivity index (χ1n) is 15.0. The van der Waals surface area contributed by atoms with Crippen LogP contribution in [0.15, 0.2) is 18.2 Å². The van der Waals surface area contributed by atoms with Gasteiger partial charge >= 0.3 is 12.1 Å². The number of unbranched alkanes of at least 4 members (excludes halogenated alkanes) is 2. The van der Waals surface area contributed by atoms with Gasteiger partial charge < -0.3 is 25.6 Å². The van der Waals surface area contributed by atoms with E-state index in [4.69, 9.17) is 20.3 Å². The third kappa shape index (κ3) is 8.12. The molecule has 1 aromatic carbocycles. The van der Waals surface area contributed by atoms with Crippen molar-refractivity contribution in [3.05, 3.63) is 29.3 Å². The van der Waals surface area contributed by atoms with E-state index in [1.165, 1.54) is 10.5 Å². The Morgan fingerprint density at radius 3 is 2.65 bits per heavy atom. The Bertz CT molecular complexity index is 1010. The third-order valence-corrected chi connectivity index (χ3v) is 8.98. The van der Waals surface area contributed by atoms with Gasteiger partial charge in [-0.25, -0.2) is 9.59 Å². The Morgan fingerprint density at radius 1 is 1.18 bits per heavy atom. The van der Waals surface area contributed by atoms with Crippen molar-refractivity contribution in [3.8, 4) is 5.75 Å². The molecule has 1 aromatic rings. The molecular weight excluding hydrogens is 510 g/mol. The van der Waals surface area contributed by atoms with Gasteiger partial charge in [0.25, 0.3) is 0 Å². The lowest BCUT2D eigenvalue weighted by molar-refractivity contribution is -0.139. The van der Waals surface area contributed by atoms with Gasteiger partial charge in [-0.2, -0.15) is 0 Å². The van der Waals surface area contributed by atoms with Crippen LogP contribution in [0.3, 0.4) is 0 Å². The summed E-state index contributed by atoms with van der Waals surface area (Å²) in [6, 6.07) is 5.98. The van der Waals surface area contributed by atoms with E-state index in [1.54, 1.807) is 20.9 Å². The zero-order valence-corrected chi connectivity index (χ0v) is 24.7. The zero-order valence-electron chi connectivity index (χ0n) is 24.7. The minimum absolute atomic E-state index is 0.185. The molecule has 0 bridgehead atoms. The molecule has 4 N–H and O–H groups in total. The average Bonchev–Trinajstić information content (AvgIpc) is 3.33. The van der Waals surface area contributed by atoms with Crippen molar-refractivity contribution in [2.75, 3.05) is 26.7 Å². The topological polar surface area (TPSA) is 131 Å². The molecule has 9 nitrogen and oxygen atoms in total. The van der Waals surface area contributed by atoms with Gasteiger partial charge in [0.15, 0.2) is 6.61 Å². The first kappa shape index (κ1) is 31.7. The summed E-state index contributed by atoms with van der Waals surface area (Å²) in [5.74, 6) is 1.17. The van der Waals surface area contributed by atoms with Gasteiger partial charge in [0.1, 0.15) is 17.4 Å². The van der Waals surface area contributed by atoms with E-state index in [2.05, 4.69) is 18.3 Å². The van der Waals surface area contributed by atoms with Crippen LogP contribution in [-0.4, -0.2) is 66.4 Å². The van der Waals surface area contributed by atoms with Crippen LogP contribution >= 0.6 is 0 Å². The first-order valence-corrected chi connectivity index (χ1v) is 15.0. The van der Waals surface area contributed by atoms with Crippen LogP contribution in [0, 0.1) is 17.8 Å². The molecule has 0 radical (unpaired) electrons. The number of benzene rings is 1. The molecule has 224 valence electrons. The van der Waals surface area contributed by atoms with Gasteiger partial charge in [0, 0.05) is 20.1 Å². The second-order valence-electron chi connectivity index (χ2n) is 12.0. The highest BCUT2D eigenvalue weighted by Crippen LogP contribution is 2.48. The fraction of sp³-hybridized carbons (Fsp3) is 0.710. The molecule has 2 amide bonds. The predicted molar refractivity (Wildman–Crippen MR) is 154 cm³/mol. The molecule has 0 aromatic heterocycles. The number of carbonyl (C=O) groups is 3. The molecule has 2 aliphatic carbocycles. The number of nitrogens with one attached hydrogen (secondary N) is 1. The number of carboxylic acids is 1. The number of aliphatic carboxylic acids is 1. The Balaban J connectivity index is 1.62. The summed E-state index contributed by atoms with van der Waals surface area (Å²) in [4.78, 5) is 38.2. The Labute approximate surface area is 239 Å². The molecule has 0 saturated heterocycles. The Morgan fingerprint density at radius 2 is 1.95 bits per heavy atom. The van der Waals surface area contributed by atoms with Crippen LogP contribution in [-0.2, 0) is 27.2 Å². The van der Waals surface area contributed by atoms with Gasteiger partial charge in [0.05, 0.1) is 0 Å². The van der Waals surface area contributed by atoms with Crippen LogP contribution in [0.4, 0.5) is 4.79 Å². The summed E-state index contributed by atoms with van der Waals surface area (Å²) in [5, 5.41) is 11.8. The average molecular weight is 560 g/mol. The molecule has 4 unspecified atom stereocenters. The standard InChI is InChI=1S/C31H49N3O6/c1-5-6-7-10-24(40-30(38)34(4)31(2,3)29(37)33-17-16-32)15-14-21-12-13-23-19-26-22(18-25(21)23)9-8-11-27(26)39-20-28(35)36/h8-9,11,21,23-25H,5-7,10,12-20,32H2,1-4H3,(H,33,37)(H,35,36). The number of rotatable bonds is 15. The van der Waals surface area contributed by atoms with Gasteiger partial charge in [0.2, 0.25) is 5.91 Å². The molecule has 1 fully saturated rings. The van der Waals surface area contributed by atoms with Crippen LogP contribution in [0.5, 0.6) is 5.75 Å². The number of amides is 2. The van der Waals surface area contributed by atoms with Crippen molar-refractivity contribution < 1.29 is 29.0 Å². The number of hydrogen-bond donors (Lipinski definition) is 3. The van der Waals surface area contributed by atoms with E-state index in [9.17, 15) is 14.4 Å². The Kier molecular flexibility index (Phi) is 11.7. The molecule has 0 spiro atoms. The lowest BCUT2D eigenvalue weighted by atomic mass is 9.73. The summed E-state index contributed by atoms with van der Waals surface area (Å²) < 4.78 is 11.6. The third-order valence-electron chi connectivity index (χ3n) is 8.98. The van der Waals surface area contributed by atoms with Crippen LogP contribution in [0.1, 0.15) is 83.3 Å². The highest BCUT2D eigenvalue weighted by Gasteiger charge is 2.41. The molecule has 1 saturated carbocycles. The van der Waals surface area contributed by atoms with E-state index in [-0.39, 0.29) is 18.6 Å². The lowest BCUT2D eigenvalue weighted by Gasteiger charge is -2.35. The molecular formula is C31H49N3O6. The highest BCUT2D eigenvalue weighted by molar-refractivity contribution is 5.89. The summed E-state index contributed by atoms with van der Waals surface area (Å²) in [6.07, 6.45) is 9.36. The van der Waals surface area contributed by atoms with Gasteiger partial charge in [-0.1, -0.05) is 31.9 Å². The molecule has 4 atom stereocenters. The smallest absolute Gasteiger partial charge is 0.410 e. The number of carbonyl (C=O) groups excluding carboxylic acids is 2. The number of fused-ring (bicyclic) bond motifs is 2. The summed E-state index contributed by atoms with van der Waals surface area (Å²) in [6.45, 7) is 5.96. The maximum Gasteiger partial charge on any atom is 0.410 e. The quantitative estimate of drug-likeness (QED) is 0.269. The van der Waals surface area contributed by atoms with E-state index in [0.717, 1.165) is 69.8 Å². The summed E-state index contributed by atoms with van der Waals surface area (Å²) in [7, 11) is 1.61. The second-order valence-corrected chi connectivity index (χ2v) is 12.0. The van der Waals surface area contributed by atoms with Crippen LogP contribution < -0.4 is 15.8 Å². The van der Waals surface area contributed by atoms with E-state index in [1.807, 2.05) is 12.1 Å². The predicted octanol–water partition coefficient (Wildman–Crippen LogP) is 4.54. The second kappa shape index (κ2) is 14.7. The number of likely N-dealkylation sites (N-methyl/N-ethyl adjacent to an activating group) is 1. The van der Waals surface area contributed by atoms with Crippen molar-refractivity contribution in [2.24, 2.45) is 23.5 Å². The van der Waals surface area contributed by atoms with Crippen LogP contribution in [0.2, 0.25) is 0 Å². The van der Waals surface area contributed by atoms with Crippen molar-refractivity contribution in [3.63, 3.8) is 0 Å². The van der Waals surface area contributed by atoms with Crippen molar-refractivity contribution in [1.29, 1.82) is 0 Å². The maximum absolute atomic E-state index is 13.2. The minimum Gasteiger partial charge on any atom is -0.482 e. The molecule has 0 heterocycles. The molecule has 40 heavy (non-hydrogen) atoms. The highest BCUT2D eigenvalue weighted by atomic mass is 16.6. The van der Waals surface area contributed by atoms with Gasteiger partial charge in [-0.05, 0) is 100 Å². The molecule has 3 rings (SSSR count). The van der Waals surface area contributed by atoms with Gasteiger partial charge in [-0.15, -0.1) is 0 Å². The molecule has 0 aliphatic heterocycles. The van der Waals surface area contributed by atoms with Crippen molar-refractivity contribution in [2.45, 2.75) is 96.6 Å². The largest absolute Gasteiger partial charge is 0.482 e. The number of nitrogens with two attached hydrogens (primary N) is 1. The van der Waals surface area contributed by atoms with E-state index >= 15 is 0 Å². The van der Waals surface area contributed by atoms with Crippen molar-refractivity contribution >= 4 is 18.0 Å². The maximum atomic E-state index is 13.2. The summed E-state index contributed by atoms with van der Waals surface area (Å²) in [5.41, 5.74) is 6.89. The number of hydrogen-bond acceptors (Lipinski definition) is 6. The molecule has 2 aliphatic rings. The number of ether oxygens (including phenoxy) is 2. The van der Waals surface area contributed by atoms with Gasteiger partial charge in [-0.3, -0.25) is 9.69 Å². The minimum atomic E-state index is -1.05. The van der Waals surface area contributed by atoms with Crippen molar-refractivity contribution in [1.82, 2.24) is 10.2 Å². The summed E-state index contributed by atoms with van der Waals surface area (Å²) >= 11 is 0. The Hall–Kier alpha value is -2.81. The van der Waals surface area contributed by atoms with E-state index in [0.29, 0.717) is 36.6 Å². The SMILES string of the molecule is CCCCCC(CCC1CCC2Cc3c(cccc3OCC(=O)O)CC12)OC(=O)N(C)C(C)(C)C(=O)NCCN. The fourth-order valence-electron chi connectivity index (χ4n) is 6.30. The molecule has 9 heteroatoms. The monoisotopic (exact) mass is 559 g/mol. The van der Waals surface area contributed by atoms with E-state index < -0.39 is 17.6 Å². The first-order chi connectivity index (χ1) is 19.1. The normalized spacial score (nSPS) is 20.7. The number of nitrogens with zero attached hydrogens (tertiary/aromatic N) is 1. The zero-order chi connectivity index (χ0) is 29.3. The number of carboxylic acid groups (broad SMARTS) is 1.